The highest BCUT2D eigenvalue weighted by molar-refractivity contribution is 7.89. The first kappa shape index (κ1) is 15.3. The molecule has 0 heterocycles. The minimum Gasteiger partial charge on any atom is -0.0620 e. The van der Waals surface area contributed by atoms with Crippen molar-refractivity contribution < 1.29 is 0 Å². The molecule has 20 heavy (non-hydrogen) atoms. The Balaban J connectivity index is 2.58. The van der Waals surface area contributed by atoms with Crippen LogP contribution in [0.1, 0.15) is 27.7 Å². The molecule has 0 amide bonds. The van der Waals surface area contributed by atoms with E-state index in [1.165, 1.54) is 12.3 Å². The quantitative estimate of drug-likeness (QED) is 0.713. The largest absolute Gasteiger partial charge is 0.0991 e. The molecule has 0 N–H and O–H groups in total. The molecule has 0 unspecified atom stereocenters. The second kappa shape index (κ2) is 6.10. The molecule has 2 aromatic carbocycles. The Hall–Kier alpha value is -1.13. The average molecular weight is 285 g/mol. The average Bonchev–Trinajstić information content (AvgIpc) is 2.46. The summed E-state index contributed by atoms with van der Waals surface area (Å²) in [4.78, 5) is 0. The Bertz CT molecular complexity index is 483. The van der Waals surface area contributed by atoms with Gasteiger partial charge in [-0.25, -0.2) is 0 Å². The van der Waals surface area contributed by atoms with Crippen molar-refractivity contribution in [2.75, 3.05) is 12.3 Å². The molecule has 2 rings (SSSR count). The maximum Gasteiger partial charge on any atom is 0.0991 e. The topological polar surface area (TPSA) is 0 Å². The zero-order valence-corrected chi connectivity index (χ0v) is 14.0. The molecule has 2 aromatic rings. The molecule has 0 aromatic heterocycles. The van der Waals surface area contributed by atoms with Crippen molar-refractivity contribution in [3.63, 3.8) is 0 Å². The zero-order chi connectivity index (χ0) is 14.6. The van der Waals surface area contributed by atoms with Crippen LogP contribution < -0.4 is 10.6 Å². The molecule has 0 aliphatic heterocycles. The van der Waals surface area contributed by atoms with Crippen LogP contribution in [0.3, 0.4) is 0 Å². The van der Waals surface area contributed by atoms with Gasteiger partial charge >= 0.3 is 0 Å². The Kier molecular flexibility index (Phi) is 4.66. The molecular formula is C19H26P+. The SMILES string of the molecule is CC[P+](CC(C)(C)C)(c1ccccc1)c1ccccc1. The fourth-order valence-electron chi connectivity index (χ4n) is 3.05. The van der Waals surface area contributed by atoms with E-state index in [1.807, 2.05) is 0 Å². The fraction of sp³-hybridized carbons (Fsp3) is 0.368. The Morgan fingerprint density at radius 3 is 1.45 bits per heavy atom. The summed E-state index contributed by atoms with van der Waals surface area (Å²) < 4.78 is 0. The molecule has 0 aliphatic carbocycles. The monoisotopic (exact) mass is 285 g/mol. The maximum absolute atomic E-state index is 2.36. The van der Waals surface area contributed by atoms with Gasteiger partial charge in [-0.3, -0.25) is 0 Å². The zero-order valence-electron chi connectivity index (χ0n) is 13.1. The van der Waals surface area contributed by atoms with Crippen LogP contribution in [0.5, 0.6) is 0 Å². The highest BCUT2D eigenvalue weighted by Gasteiger charge is 2.43. The molecule has 106 valence electrons. The van der Waals surface area contributed by atoms with Gasteiger partial charge in [-0.15, -0.1) is 0 Å². The van der Waals surface area contributed by atoms with Crippen molar-refractivity contribution in [2.24, 2.45) is 5.41 Å². The second-order valence-electron chi connectivity index (χ2n) is 6.67. The minimum absolute atomic E-state index is 0.343. The second-order valence-corrected chi connectivity index (χ2v) is 10.6. The van der Waals surface area contributed by atoms with Gasteiger partial charge in [0, 0.05) is 0 Å². The summed E-state index contributed by atoms with van der Waals surface area (Å²) in [7, 11) is -1.30. The van der Waals surface area contributed by atoms with E-state index in [4.69, 9.17) is 0 Å². The summed E-state index contributed by atoms with van der Waals surface area (Å²) in [5, 5.41) is 3.09. The molecule has 0 saturated heterocycles. The smallest absolute Gasteiger partial charge is 0.0620 e. The molecule has 0 bridgehead atoms. The van der Waals surface area contributed by atoms with E-state index < -0.39 is 7.26 Å². The van der Waals surface area contributed by atoms with Crippen LogP contribution in [0.2, 0.25) is 0 Å². The van der Waals surface area contributed by atoms with Gasteiger partial charge in [0.05, 0.1) is 30.2 Å². The molecule has 0 fully saturated rings. The molecule has 1 heteroatoms. The lowest BCUT2D eigenvalue weighted by molar-refractivity contribution is 0.476. The van der Waals surface area contributed by atoms with E-state index in [-0.39, 0.29) is 0 Å². The van der Waals surface area contributed by atoms with E-state index in [2.05, 4.69) is 88.4 Å². The predicted molar refractivity (Wildman–Crippen MR) is 93.9 cm³/mol. The van der Waals surface area contributed by atoms with Gasteiger partial charge in [-0.05, 0) is 36.6 Å². The maximum atomic E-state index is 2.36. The Morgan fingerprint density at radius 1 is 0.750 bits per heavy atom. The third-order valence-electron chi connectivity index (χ3n) is 3.78. The number of benzene rings is 2. The van der Waals surface area contributed by atoms with Gasteiger partial charge in [0.25, 0.3) is 0 Å². The first-order valence-electron chi connectivity index (χ1n) is 7.46. The molecule has 0 saturated carbocycles. The van der Waals surface area contributed by atoms with E-state index in [9.17, 15) is 0 Å². The van der Waals surface area contributed by atoms with Crippen molar-refractivity contribution in [1.82, 2.24) is 0 Å². The van der Waals surface area contributed by atoms with Crippen LogP contribution in [0.15, 0.2) is 60.7 Å². The minimum atomic E-state index is -1.30. The van der Waals surface area contributed by atoms with Crippen LogP contribution in [-0.2, 0) is 0 Å². The summed E-state index contributed by atoms with van der Waals surface area (Å²) in [5.41, 5.74) is 0.343. The fourth-order valence-corrected chi connectivity index (χ4v) is 7.77. The van der Waals surface area contributed by atoms with Crippen molar-refractivity contribution in [1.29, 1.82) is 0 Å². The van der Waals surface area contributed by atoms with Crippen LogP contribution in [0.25, 0.3) is 0 Å². The summed E-state index contributed by atoms with van der Waals surface area (Å²) in [5.74, 6) is 0. The first-order chi connectivity index (χ1) is 9.48. The summed E-state index contributed by atoms with van der Waals surface area (Å²) in [6.07, 6.45) is 2.50. The summed E-state index contributed by atoms with van der Waals surface area (Å²) >= 11 is 0. The van der Waals surface area contributed by atoms with Crippen molar-refractivity contribution in [3.8, 4) is 0 Å². The Labute approximate surface area is 124 Å². The van der Waals surface area contributed by atoms with E-state index in [1.54, 1.807) is 10.6 Å². The highest BCUT2D eigenvalue weighted by Crippen LogP contribution is 2.59. The van der Waals surface area contributed by atoms with Crippen molar-refractivity contribution >= 4 is 17.9 Å². The van der Waals surface area contributed by atoms with Gasteiger partial charge in [0.15, 0.2) is 0 Å². The molecule has 0 nitrogen and oxygen atoms in total. The van der Waals surface area contributed by atoms with Gasteiger partial charge < -0.3 is 0 Å². The predicted octanol–water partition coefficient (Wildman–Crippen LogP) is 4.72. The van der Waals surface area contributed by atoms with Crippen LogP contribution in [-0.4, -0.2) is 12.3 Å². The van der Waals surface area contributed by atoms with Crippen LogP contribution in [0, 0.1) is 5.41 Å². The van der Waals surface area contributed by atoms with Crippen molar-refractivity contribution in [2.45, 2.75) is 27.7 Å². The molecule has 0 atom stereocenters. The van der Waals surface area contributed by atoms with Crippen LogP contribution in [0.4, 0.5) is 0 Å². The lowest BCUT2D eigenvalue weighted by atomic mass is 10.0. The van der Waals surface area contributed by atoms with Gasteiger partial charge in [0.1, 0.15) is 0 Å². The lowest BCUT2D eigenvalue weighted by Crippen LogP contribution is -2.31. The van der Waals surface area contributed by atoms with E-state index >= 15 is 0 Å². The van der Waals surface area contributed by atoms with Crippen molar-refractivity contribution in [3.05, 3.63) is 60.7 Å². The summed E-state index contributed by atoms with van der Waals surface area (Å²) in [6.45, 7) is 9.45. The highest BCUT2D eigenvalue weighted by atomic mass is 31.2. The normalized spacial score (nSPS) is 12.4. The standard InChI is InChI=1S/C19H26P/c1-5-20(16-19(2,3)4,17-12-8-6-9-13-17)18-14-10-7-11-15-18/h6-15H,5,16H2,1-4H3/q+1. The molecule has 0 aliphatic rings. The van der Waals surface area contributed by atoms with Gasteiger partial charge in [0.2, 0.25) is 0 Å². The number of hydrogen-bond donors (Lipinski definition) is 0. The Morgan fingerprint density at radius 2 is 1.15 bits per heavy atom. The first-order valence-corrected chi connectivity index (χ1v) is 9.62. The third kappa shape index (κ3) is 3.30. The molecular weight excluding hydrogens is 259 g/mol. The van der Waals surface area contributed by atoms with Gasteiger partial charge in [-0.1, -0.05) is 57.2 Å². The van der Waals surface area contributed by atoms with Crippen LogP contribution >= 0.6 is 7.26 Å². The third-order valence-corrected chi connectivity index (χ3v) is 8.93. The van der Waals surface area contributed by atoms with E-state index in [0.717, 1.165) is 0 Å². The lowest BCUT2D eigenvalue weighted by Gasteiger charge is -2.32. The molecule has 0 spiro atoms. The number of rotatable bonds is 4. The number of hydrogen-bond acceptors (Lipinski definition) is 0. The van der Waals surface area contributed by atoms with Gasteiger partial charge in [-0.2, -0.15) is 0 Å². The summed E-state index contributed by atoms with van der Waals surface area (Å²) in [6, 6.07) is 22.3. The molecule has 0 radical (unpaired) electrons. The van der Waals surface area contributed by atoms with E-state index in [0.29, 0.717) is 5.41 Å².